The number of carbonyl (C=O) groups excluding carboxylic acids is 2. The fraction of sp³-hybridized carbons (Fsp3) is 0.550. The molecule has 4 aliphatic carbocycles. The molecule has 10 atom stereocenters. The van der Waals surface area contributed by atoms with Gasteiger partial charge in [0.25, 0.3) is 0 Å². The Morgan fingerprint density at radius 3 is 1.72 bits per heavy atom. The van der Waals surface area contributed by atoms with Gasteiger partial charge in [-0.15, -0.1) is 0 Å². The van der Waals surface area contributed by atoms with Crippen molar-refractivity contribution in [2.24, 2.45) is 22.7 Å². The van der Waals surface area contributed by atoms with Crippen LogP contribution in [0.25, 0.3) is 0 Å². The molecule has 0 radical (unpaired) electrons. The van der Waals surface area contributed by atoms with Crippen LogP contribution < -0.4 is 8.92 Å². The van der Waals surface area contributed by atoms with Gasteiger partial charge in [0, 0.05) is 0 Å². The Hall–Kier alpha value is -1.78. The average molecular weight is 747 g/mol. The maximum absolute atomic E-state index is 11.9. The molecule has 4 aliphatic heterocycles. The third-order valence-corrected chi connectivity index (χ3v) is 18.4. The van der Waals surface area contributed by atoms with Crippen molar-refractivity contribution in [1.82, 2.24) is 0 Å². The summed E-state index contributed by atoms with van der Waals surface area (Å²) in [5, 5.41) is 0. The molecule has 10 unspecified atom stereocenters. The number of benzene rings is 2. The quantitative estimate of drug-likeness (QED) is 0.355. The van der Waals surface area contributed by atoms with Crippen molar-refractivity contribution in [3.8, 4) is 0 Å². The molecule has 2 spiro atoms. The van der Waals surface area contributed by atoms with E-state index in [4.69, 9.17) is 9.47 Å². The van der Waals surface area contributed by atoms with Crippen LogP contribution in [-0.2, 0) is 19.1 Å². The molecule has 10 rings (SSSR count). The van der Waals surface area contributed by atoms with E-state index in [1.807, 2.05) is 12.2 Å². The Morgan fingerprint density at radius 2 is 1.11 bits per heavy atom. The zero-order chi connectivity index (χ0) is 30.9. The molecule has 2 aromatic rings. The first kappa shape index (κ1) is 30.3. The van der Waals surface area contributed by atoms with Crippen LogP contribution in [0.1, 0.15) is 77.0 Å². The molecule has 6 heteroatoms. The zero-order valence-electron chi connectivity index (χ0n) is 26.5. The van der Waals surface area contributed by atoms with E-state index in [0.29, 0.717) is 75.5 Å². The maximum atomic E-state index is 11.9. The SMILES string of the molecule is O=C1C=C2CCC3CC([Se]c4ccccc4)C4CC2(CC1)C3O4.O=C1C=C2CCC3CC4OC3C2(CC1)CC4[Se]c1ccccc1. The van der Waals surface area contributed by atoms with Crippen LogP contribution >= 0.6 is 0 Å². The number of fused-ring (bicyclic) bond motifs is 2. The first-order valence-corrected chi connectivity index (χ1v) is 21.4. The summed E-state index contributed by atoms with van der Waals surface area (Å²) in [6.45, 7) is 0. The molecule has 4 nitrogen and oxygen atoms in total. The third kappa shape index (κ3) is 5.13. The van der Waals surface area contributed by atoms with Crippen molar-refractivity contribution in [2.75, 3.05) is 0 Å². The molecule has 0 amide bonds. The van der Waals surface area contributed by atoms with Gasteiger partial charge in [0.15, 0.2) is 0 Å². The molecule has 4 bridgehead atoms. The number of allylic oxidation sites excluding steroid dienone is 2. The summed E-state index contributed by atoms with van der Waals surface area (Å²) in [6, 6.07) is 21.9. The Kier molecular flexibility index (Phi) is 7.88. The van der Waals surface area contributed by atoms with E-state index in [1.54, 1.807) is 0 Å². The van der Waals surface area contributed by atoms with Gasteiger partial charge in [-0.3, -0.25) is 0 Å². The fourth-order valence-corrected chi connectivity index (χ4v) is 16.4. The summed E-state index contributed by atoms with van der Waals surface area (Å²) < 4.78 is 16.2. The number of hydrogen-bond acceptors (Lipinski definition) is 4. The monoisotopic (exact) mass is 748 g/mol. The summed E-state index contributed by atoms with van der Waals surface area (Å²) in [7, 11) is 0. The molecule has 46 heavy (non-hydrogen) atoms. The summed E-state index contributed by atoms with van der Waals surface area (Å²) in [5.74, 6) is 2.14. The first-order valence-electron chi connectivity index (χ1n) is 17.7. The summed E-state index contributed by atoms with van der Waals surface area (Å²) in [6.07, 6.45) is 19.0. The average Bonchev–Trinajstić information content (AvgIpc) is 3.67. The molecule has 6 fully saturated rings. The van der Waals surface area contributed by atoms with E-state index in [-0.39, 0.29) is 10.8 Å². The molecule has 8 aliphatic rings. The Bertz CT molecular complexity index is 1570. The second-order valence-corrected chi connectivity index (χ2v) is 20.7. The molecule has 4 heterocycles. The Morgan fingerprint density at radius 1 is 0.587 bits per heavy atom. The minimum atomic E-state index is 0.199. The molecule has 0 N–H and O–H groups in total. The van der Waals surface area contributed by atoms with E-state index < -0.39 is 0 Å². The van der Waals surface area contributed by atoms with Crippen molar-refractivity contribution in [3.05, 3.63) is 84.0 Å². The van der Waals surface area contributed by atoms with Gasteiger partial charge < -0.3 is 0 Å². The van der Waals surface area contributed by atoms with Gasteiger partial charge in [-0.2, -0.15) is 0 Å². The van der Waals surface area contributed by atoms with E-state index in [1.165, 1.54) is 58.6 Å². The van der Waals surface area contributed by atoms with Crippen molar-refractivity contribution in [3.63, 3.8) is 0 Å². The van der Waals surface area contributed by atoms with E-state index >= 15 is 0 Å². The van der Waals surface area contributed by atoms with Crippen LogP contribution in [0.4, 0.5) is 0 Å². The summed E-state index contributed by atoms with van der Waals surface area (Å²) in [5.41, 5.74) is 3.29. The van der Waals surface area contributed by atoms with Gasteiger partial charge in [0.2, 0.25) is 0 Å². The molecular weight excluding hydrogens is 702 g/mol. The van der Waals surface area contributed by atoms with Gasteiger partial charge in [-0.1, -0.05) is 0 Å². The van der Waals surface area contributed by atoms with E-state index in [9.17, 15) is 9.59 Å². The second-order valence-electron chi connectivity index (χ2n) is 15.2. The summed E-state index contributed by atoms with van der Waals surface area (Å²) in [4.78, 5) is 25.2. The van der Waals surface area contributed by atoms with Crippen LogP contribution in [0.15, 0.2) is 84.0 Å². The predicted octanol–water partition coefficient (Wildman–Crippen LogP) is 6.10. The molecule has 2 aromatic carbocycles. The number of ether oxygens (including phenoxy) is 2. The second kappa shape index (κ2) is 12.0. The van der Waals surface area contributed by atoms with E-state index in [2.05, 4.69) is 60.7 Å². The number of carbonyl (C=O) groups is 2. The predicted molar refractivity (Wildman–Crippen MR) is 182 cm³/mol. The minimum absolute atomic E-state index is 0.199. The fourth-order valence-electron chi connectivity index (χ4n) is 10.8. The Balaban J connectivity index is 0.000000127. The molecular formula is C40H44O4Se2. The van der Waals surface area contributed by atoms with Gasteiger partial charge in [0.1, 0.15) is 0 Å². The number of rotatable bonds is 4. The van der Waals surface area contributed by atoms with Crippen LogP contribution in [0.3, 0.4) is 0 Å². The zero-order valence-corrected chi connectivity index (χ0v) is 29.9. The molecule has 240 valence electrons. The van der Waals surface area contributed by atoms with Gasteiger partial charge in [-0.05, 0) is 0 Å². The van der Waals surface area contributed by atoms with E-state index in [0.717, 1.165) is 50.4 Å². The number of hydrogen-bond donors (Lipinski definition) is 0. The van der Waals surface area contributed by atoms with Gasteiger partial charge >= 0.3 is 287 Å². The van der Waals surface area contributed by atoms with Crippen LogP contribution in [0.2, 0.25) is 9.63 Å². The topological polar surface area (TPSA) is 52.6 Å². The molecule has 4 saturated heterocycles. The van der Waals surface area contributed by atoms with Crippen LogP contribution in [-0.4, -0.2) is 65.9 Å². The van der Waals surface area contributed by atoms with Crippen LogP contribution in [0, 0.1) is 22.7 Å². The van der Waals surface area contributed by atoms with Gasteiger partial charge in [0.05, 0.1) is 0 Å². The number of ketones is 2. The molecule has 0 aromatic heterocycles. The van der Waals surface area contributed by atoms with Crippen molar-refractivity contribution >= 4 is 50.4 Å². The normalized spacial score (nSPS) is 41.4. The van der Waals surface area contributed by atoms with Crippen LogP contribution in [0.5, 0.6) is 0 Å². The van der Waals surface area contributed by atoms with Crippen molar-refractivity contribution in [2.45, 2.75) is 111 Å². The first-order chi connectivity index (χ1) is 22.5. The van der Waals surface area contributed by atoms with Crippen molar-refractivity contribution in [1.29, 1.82) is 0 Å². The summed E-state index contributed by atoms with van der Waals surface area (Å²) >= 11 is 0.967. The third-order valence-electron chi connectivity index (χ3n) is 12.8. The van der Waals surface area contributed by atoms with Crippen molar-refractivity contribution < 1.29 is 19.1 Å². The Labute approximate surface area is 285 Å². The standard InChI is InChI=1S/2C20H22O2Se/c21-15-8-9-20-12-17-18(23-16-4-2-1-3-5-16)10-13(19(20)22-17)6-7-14(20)11-15;21-15-8-9-20-12-18(23-16-4-2-1-3-5-16)17-10-13(19(20)22-17)6-7-14(20)11-15/h2*1-5,11,13,17-19H,6-10,12H2. The van der Waals surface area contributed by atoms with Gasteiger partial charge in [-0.25, -0.2) is 0 Å². The molecule has 2 saturated carbocycles.